The van der Waals surface area contributed by atoms with Gasteiger partial charge in [-0.25, -0.2) is 9.18 Å². The smallest absolute Gasteiger partial charge is 0.335 e. The Labute approximate surface area is 121 Å². The minimum Gasteiger partial charge on any atom is -0.478 e. The number of carbonyl (C=O) groups excluding carboxylic acids is 1. The molecule has 0 aliphatic carbocycles. The van der Waals surface area contributed by atoms with Crippen molar-refractivity contribution in [1.82, 2.24) is 0 Å². The first-order valence-corrected chi connectivity index (χ1v) is 7.46. The number of unbranched alkanes of at least 4 members (excludes halogenated alkanes) is 1. The van der Waals surface area contributed by atoms with Crippen molar-refractivity contribution in [3.63, 3.8) is 0 Å². The van der Waals surface area contributed by atoms with Gasteiger partial charge in [0.05, 0.1) is 16.5 Å². The van der Waals surface area contributed by atoms with Gasteiger partial charge in [0.1, 0.15) is 5.82 Å². The van der Waals surface area contributed by atoms with E-state index in [1.807, 2.05) is 0 Å². The average molecular weight is 299 g/mol. The molecule has 0 bridgehead atoms. The highest BCUT2D eigenvalue weighted by Crippen LogP contribution is 2.19. The molecule has 0 saturated carbocycles. The molecule has 1 unspecified atom stereocenters. The summed E-state index contributed by atoms with van der Waals surface area (Å²) in [6.07, 6.45) is 2.09. The summed E-state index contributed by atoms with van der Waals surface area (Å²) in [7, 11) is 0. The van der Waals surface area contributed by atoms with Crippen molar-refractivity contribution in [3.8, 4) is 0 Å². The van der Waals surface area contributed by atoms with Crippen molar-refractivity contribution >= 4 is 29.3 Å². The molecule has 0 heterocycles. The van der Waals surface area contributed by atoms with Crippen molar-refractivity contribution in [1.29, 1.82) is 0 Å². The maximum atomic E-state index is 13.7. The molecule has 20 heavy (non-hydrogen) atoms. The lowest BCUT2D eigenvalue weighted by Gasteiger charge is -2.12. The van der Waals surface area contributed by atoms with Gasteiger partial charge in [-0.05, 0) is 37.3 Å². The summed E-state index contributed by atoms with van der Waals surface area (Å²) in [5.41, 5.74) is -0.145. The van der Waals surface area contributed by atoms with Crippen LogP contribution in [0.4, 0.5) is 10.1 Å². The molecule has 1 aromatic rings. The van der Waals surface area contributed by atoms with Gasteiger partial charge in [0.2, 0.25) is 5.91 Å². The molecule has 0 radical (unpaired) electrons. The monoisotopic (exact) mass is 299 g/mol. The third-order valence-corrected chi connectivity index (χ3v) is 3.95. The number of amides is 1. The van der Waals surface area contributed by atoms with Gasteiger partial charge in [-0.1, -0.05) is 13.3 Å². The topological polar surface area (TPSA) is 66.4 Å². The zero-order chi connectivity index (χ0) is 15.1. The van der Waals surface area contributed by atoms with Crippen molar-refractivity contribution < 1.29 is 19.1 Å². The van der Waals surface area contributed by atoms with Gasteiger partial charge in [-0.3, -0.25) is 4.79 Å². The molecule has 1 rings (SSSR count). The Kier molecular flexibility index (Phi) is 6.51. The van der Waals surface area contributed by atoms with Crippen molar-refractivity contribution in [3.05, 3.63) is 29.6 Å². The Balaban J connectivity index is 2.64. The molecule has 0 saturated heterocycles. The highest BCUT2D eigenvalue weighted by molar-refractivity contribution is 8.00. The zero-order valence-corrected chi connectivity index (χ0v) is 12.3. The fraction of sp³-hybridized carbons (Fsp3) is 0.429. The van der Waals surface area contributed by atoms with E-state index in [9.17, 15) is 14.0 Å². The van der Waals surface area contributed by atoms with E-state index < -0.39 is 11.8 Å². The van der Waals surface area contributed by atoms with E-state index in [0.717, 1.165) is 24.7 Å². The Hall–Kier alpha value is -1.56. The molecular weight excluding hydrogens is 281 g/mol. The lowest BCUT2D eigenvalue weighted by Crippen LogP contribution is -2.23. The van der Waals surface area contributed by atoms with Crippen LogP contribution >= 0.6 is 11.8 Å². The van der Waals surface area contributed by atoms with Crippen LogP contribution in [0.15, 0.2) is 18.2 Å². The minimum atomic E-state index is -1.20. The molecule has 4 nitrogen and oxygen atoms in total. The van der Waals surface area contributed by atoms with Crippen molar-refractivity contribution in [2.75, 3.05) is 11.1 Å². The number of carboxylic acid groups (broad SMARTS) is 1. The number of benzene rings is 1. The second-order valence-corrected chi connectivity index (χ2v) is 5.80. The molecule has 1 amide bonds. The predicted octanol–water partition coefficient (Wildman–Crippen LogP) is 3.38. The third kappa shape index (κ3) is 4.85. The summed E-state index contributed by atoms with van der Waals surface area (Å²) in [5, 5.41) is 10.9. The van der Waals surface area contributed by atoms with Crippen LogP contribution in [-0.2, 0) is 4.79 Å². The summed E-state index contributed by atoms with van der Waals surface area (Å²) in [6, 6.07) is 3.42. The largest absolute Gasteiger partial charge is 0.478 e. The number of hydrogen-bond acceptors (Lipinski definition) is 3. The minimum absolute atomic E-state index is 0.00272. The molecular formula is C14H18FNO3S. The summed E-state index contributed by atoms with van der Waals surface area (Å²) < 4.78 is 13.7. The molecule has 0 aliphatic rings. The van der Waals surface area contributed by atoms with Crippen molar-refractivity contribution in [2.24, 2.45) is 0 Å². The SMILES string of the molecule is CCCCSC(C)C(=O)Nc1ccc(C(=O)O)cc1F. The van der Waals surface area contributed by atoms with E-state index in [1.54, 1.807) is 6.92 Å². The van der Waals surface area contributed by atoms with E-state index >= 15 is 0 Å². The second kappa shape index (κ2) is 7.89. The quantitative estimate of drug-likeness (QED) is 0.757. The van der Waals surface area contributed by atoms with Gasteiger partial charge >= 0.3 is 5.97 Å². The van der Waals surface area contributed by atoms with E-state index in [4.69, 9.17) is 5.11 Å². The van der Waals surface area contributed by atoms with Crippen LogP contribution in [-0.4, -0.2) is 28.0 Å². The van der Waals surface area contributed by atoms with Gasteiger partial charge in [0.25, 0.3) is 0 Å². The number of nitrogens with one attached hydrogen (secondary N) is 1. The first-order chi connectivity index (χ1) is 9.45. The summed E-state index contributed by atoms with van der Waals surface area (Å²) in [6.45, 7) is 3.84. The normalized spacial score (nSPS) is 11.9. The molecule has 6 heteroatoms. The fourth-order valence-corrected chi connectivity index (χ4v) is 2.48. The lowest BCUT2D eigenvalue weighted by molar-refractivity contribution is -0.115. The Bertz CT molecular complexity index is 493. The van der Waals surface area contributed by atoms with Crippen LogP contribution in [0.3, 0.4) is 0 Å². The highest BCUT2D eigenvalue weighted by atomic mass is 32.2. The predicted molar refractivity (Wildman–Crippen MR) is 78.8 cm³/mol. The zero-order valence-electron chi connectivity index (χ0n) is 11.5. The molecule has 110 valence electrons. The molecule has 0 aliphatic heterocycles. The van der Waals surface area contributed by atoms with Crippen LogP contribution < -0.4 is 5.32 Å². The second-order valence-electron chi connectivity index (χ2n) is 4.36. The first kappa shape index (κ1) is 16.5. The van der Waals surface area contributed by atoms with Crippen LogP contribution in [0.5, 0.6) is 0 Å². The molecule has 1 aromatic carbocycles. The van der Waals surface area contributed by atoms with Gasteiger partial charge in [0, 0.05) is 0 Å². The van der Waals surface area contributed by atoms with Crippen molar-refractivity contribution in [2.45, 2.75) is 31.9 Å². The number of halogens is 1. The van der Waals surface area contributed by atoms with Crippen LogP contribution in [0, 0.1) is 5.82 Å². The van der Waals surface area contributed by atoms with Gasteiger partial charge < -0.3 is 10.4 Å². The third-order valence-electron chi connectivity index (χ3n) is 2.71. The van der Waals surface area contributed by atoms with Crippen LogP contribution in [0.25, 0.3) is 0 Å². The number of carbonyl (C=O) groups is 2. The number of anilines is 1. The Morgan fingerprint density at radius 1 is 1.45 bits per heavy atom. The summed E-state index contributed by atoms with van der Waals surface area (Å²) in [4.78, 5) is 22.5. The number of thioether (sulfide) groups is 1. The maximum Gasteiger partial charge on any atom is 0.335 e. The molecule has 0 aromatic heterocycles. The average Bonchev–Trinajstić information content (AvgIpc) is 2.40. The maximum absolute atomic E-state index is 13.7. The Morgan fingerprint density at radius 3 is 2.70 bits per heavy atom. The highest BCUT2D eigenvalue weighted by Gasteiger charge is 2.16. The molecule has 0 fully saturated rings. The number of aromatic carboxylic acids is 1. The fourth-order valence-electron chi connectivity index (χ4n) is 1.46. The number of carboxylic acids is 1. The molecule has 2 N–H and O–H groups in total. The van der Waals surface area contributed by atoms with Gasteiger partial charge in [-0.15, -0.1) is 11.8 Å². The summed E-state index contributed by atoms with van der Waals surface area (Å²) >= 11 is 1.51. The van der Waals surface area contributed by atoms with Gasteiger partial charge in [-0.2, -0.15) is 0 Å². The van der Waals surface area contributed by atoms with Gasteiger partial charge in [0.15, 0.2) is 0 Å². The lowest BCUT2D eigenvalue weighted by atomic mass is 10.2. The van der Waals surface area contributed by atoms with Crippen LogP contribution in [0.1, 0.15) is 37.0 Å². The van der Waals surface area contributed by atoms with E-state index in [-0.39, 0.29) is 22.4 Å². The first-order valence-electron chi connectivity index (χ1n) is 6.41. The van der Waals surface area contributed by atoms with E-state index in [0.29, 0.717) is 0 Å². The Morgan fingerprint density at radius 2 is 2.15 bits per heavy atom. The number of hydrogen-bond donors (Lipinski definition) is 2. The summed E-state index contributed by atoms with van der Waals surface area (Å²) in [5.74, 6) is -1.35. The standard InChI is InChI=1S/C14H18FNO3S/c1-3-4-7-20-9(2)13(17)16-12-6-5-10(14(18)19)8-11(12)15/h5-6,8-9H,3-4,7H2,1-2H3,(H,16,17)(H,18,19). The molecule has 1 atom stereocenters. The number of rotatable bonds is 7. The van der Waals surface area contributed by atoms with E-state index in [1.165, 1.54) is 23.9 Å². The van der Waals surface area contributed by atoms with E-state index in [2.05, 4.69) is 12.2 Å². The molecule has 0 spiro atoms. The van der Waals surface area contributed by atoms with Crippen LogP contribution in [0.2, 0.25) is 0 Å².